The Morgan fingerprint density at radius 3 is 2.26 bits per heavy atom. The number of nitrogens with zero attached hydrogens (tertiary/aromatic N) is 3. The second-order valence-electron chi connectivity index (χ2n) is 16.3. The lowest BCUT2D eigenvalue weighted by molar-refractivity contribution is -0.143. The zero-order valence-electron chi connectivity index (χ0n) is 31.4. The number of hydrogen-bond donors (Lipinski definition) is 3. The number of fused-ring (bicyclic) bond motifs is 1. The number of ether oxygens (including phenoxy) is 2. The van der Waals surface area contributed by atoms with E-state index in [1.54, 1.807) is 41.5 Å². The molecule has 2 aliphatic carbocycles. The maximum atomic E-state index is 14.6. The minimum atomic E-state index is -3.91. The van der Waals surface area contributed by atoms with E-state index in [4.69, 9.17) is 19.4 Å². The number of aromatic nitrogens is 2. The Morgan fingerprint density at radius 1 is 0.981 bits per heavy atom. The first kappa shape index (κ1) is 38.7. The summed E-state index contributed by atoms with van der Waals surface area (Å²) in [6.45, 7) is 14.2. The average molecular weight is 761 g/mol. The molecule has 3 fully saturated rings. The fourth-order valence-corrected chi connectivity index (χ4v) is 8.01. The fraction of sp³-hybridized carbons (Fsp3) is 0.487. The van der Waals surface area contributed by atoms with Gasteiger partial charge in [-0.1, -0.05) is 69.3 Å². The standard InChI is InChI=1S/C39H48N6O8S/c1-8-24-21-39(24,35(48)44-54(50,51)26-18-19-26)43-32(46)29-20-25(22-45(29)34(47)30(37(2,3)4)41-36(49)53-38(5,6)7)52-33-27-16-12-13-17-28(27)40-31(42-33)23-14-10-9-11-15-23/h8-17,24-26,29-30H,1,18-22H2,2-7H3,(H,41,49)(H,43,46)(H,44,48)/t24-,25-,29?,30?,39-/m1/s1. The molecule has 1 aliphatic heterocycles. The summed E-state index contributed by atoms with van der Waals surface area (Å²) in [5.41, 5.74) is -1.83. The number of likely N-dealkylation sites (tertiary alicyclic amines) is 1. The molecule has 2 heterocycles. The fourth-order valence-electron chi connectivity index (χ4n) is 6.65. The third-order valence-electron chi connectivity index (χ3n) is 9.75. The van der Waals surface area contributed by atoms with Gasteiger partial charge in [0, 0.05) is 17.9 Å². The molecule has 288 valence electrons. The van der Waals surface area contributed by atoms with Crippen LogP contribution in [0.1, 0.15) is 67.2 Å². The van der Waals surface area contributed by atoms with Gasteiger partial charge >= 0.3 is 6.09 Å². The first-order chi connectivity index (χ1) is 25.3. The van der Waals surface area contributed by atoms with Crippen molar-refractivity contribution in [1.82, 2.24) is 30.2 Å². The van der Waals surface area contributed by atoms with E-state index in [0.29, 0.717) is 29.6 Å². The van der Waals surface area contributed by atoms with E-state index in [-0.39, 0.29) is 25.3 Å². The van der Waals surface area contributed by atoms with Crippen LogP contribution in [0.4, 0.5) is 4.79 Å². The van der Waals surface area contributed by atoms with Crippen LogP contribution in [0.25, 0.3) is 22.3 Å². The smallest absolute Gasteiger partial charge is 0.408 e. The Bertz CT molecular complexity index is 2080. The molecule has 0 radical (unpaired) electrons. The molecular weight excluding hydrogens is 713 g/mol. The molecule has 1 aromatic heterocycles. The lowest BCUT2D eigenvalue weighted by Crippen LogP contribution is -2.60. The van der Waals surface area contributed by atoms with Crippen molar-refractivity contribution in [3.63, 3.8) is 0 Å². The van der Waals surface area contributed by atoms with Crippen LogP contribution in [0, 0.1) is 11.3 Å². The lowest BCUT2D eigenvalue weighted by atomic mass is 9.85. The molecule has 6 rings (SSSR count). The molecule has 4 amide bonds. The Labute approximate surface area is 315 Å². The predicted molar refractivity (Wildman–Crippen MR) is 201 cm³/mol. The molecule has 54 heavy (non-hydrogen) atoms. The average Bonchev–Trinajstić information content (AvgIpc) is 4.03. The number of rotatable bonds is 11. The van der Waals surface area contributed by atoms with Crippen LogP contribution in [0.2, 0.25) is 0 Å². The maximum Gasteiger partial charge on any atom is 0.408 e. The maximum absolute atomic E-state index is 14.6. The molecule has 1 saturated heterocycles. The van der Waals surface area contributed by atoms with Crippen LogP contribution >= 0.6 is 0 Å². The molecule has 5 atom stereocenters. The van der Waals surface area contributed by atoms with Crippen molar-refractivity contribution < 1.29 is 37.1 Å². The third kappa shape index (κ3) is 8.35. The second kappa shape index (κ2) is 14.3. The van der Waals surface area contributed by atoms with E-state index in [0.717, 1.165) is 5.56 Å². The molecule has 0 spiro atoms. The molecular formula is C39H48N6O8S. The lowest BCUT2D eigenvalue weighted by Gasteiger charge is -2.36. The molecule has 2 saturated carbocycles. The largest absolute Gasteiger partial charge is 0.472 e. The van der Waals surface area contributed by atoms with Crippen molar-refractivity contribution in [2.45, 2.75) is 102 Å². The number of para-hydroxylation sites is 1. The molecule has 2 unspecified atom stereocenters. The van der Waals surface area contributed by atoms with Crippen LogP contribution in [0.15, 0.2) is 67.3 Å². The van der Waals surface area contributed by atoms with Crippen molar-refractivity contribution >= 4 is 44.7 Å². The monoisotopic (exact) mass is 760 g/mol. The minimum absolute atomic E-state index is 0.00327. The minimum Gasteiger partial charge on any atom is -0.472 e. The highest BCUT2D eigenvalue weighted by molar-refractivity contribution is 7.91. The zero-order chi connectivity index (χ0) is 39.2. The normalized spacial score (nSPS) is 23.2. The van der Waals surface area contributed by atoms with E-state index in [2.05, 4.69) is 21.9 Å². The Morgan fingerprint density at radius 2 is 1.65 bits per heavy atom. The van der Waals surface area contributed by atoms with Gasteiger partial charge in [-0.3, -0.25) is 19.1 Å². The van der Waals surface area contributed by atoms with Crippen LogP contribution < -0.4 is 20.1 Å². The summed E-state index contributed by atoms with van der Waals surface area (Å²) in [5.74, 6) is -1.95. The van der Waals surface area contributed by atoms with E-state index < -0.39 is 79.7 Å². The predicted octanol–water partition coefficient (Wildman–Crippen LogP) is 4.25. The number of amides is 4. The second-order valence-corrected chi connectivity index (χ2v) is 18.3. The number of alkyl carbamates (subject to hydrolysis) is 1. The van der Waals surface area contributed by atoms with E-state index >= 15 is 0 Å². The van der Waals surface area contributed by atoms with Crippen LogP contribution in [-0.2, 0) is 29.1 Å². The summed E-state index contributed by atoms with van der Waals surface area (Å²) >= 11 is 0. The Kier molecular flexibility index (Phi) is 10.2. The van der Waals surface area contributed by atoms with Crippen molar-refractivity contribution in [2.75, 3.05) is 6.54 Å². The third-order valence-corrected chi connectivity index (χ3v) is 11.6. The highest BCUT2D eigenvalue weighted by Crippen LogP contribution is 2.45. The summed E-state index contributed by atoms with van der Waals surface area (Å²) in [7, 11) is -3.91. The number of carbonyl (C=O) groups is 4. The highest BCUT2D eigenvalue weighted by Gasteiger charge is 2.62. The SMILES string of the molecule is C=C[C@@H]1C[C@]1(NC(=O)C1C[C@@H](Oc2nc(-c3ccccc3)nc3ccccc23)CN1C(=O)C(NC(=O)OC(C)(C)C)C(C)(C)C)C(=O)NS(=O)(=O)C1CC1. The first-order valence-electron chi connectivity index (χ1n) is 18.1. The van der Waals surface area contributed by atoms with Crippen LogP contribution in [-0.4, -0.2) is 88.2 Å². The number of hydrogen-bond acceptors (Lipinski definition) is 10. The molecule has 14 nitrogen and oxygen atoms in total. The van der Waals surface area contributed by atoms with Gasteiger partial charge in [-0.05, 0) is 57.6 Å². The molecule has 15 heteroatoms. The van der Waals surface area contributed by atoms with Gasteiger partial charge in [0.25, 0.3) is 5.91 Å². The van der Waals surface area contributed by atoms with Gasteiger partial charge in [-0.15, -0.1) is 6.58 Å². The quantitative estimate of drug-likeness (QED) is 0.239. The molecule has 3 N–H and O–H groups in total. The van der Waals surface area contributed by atoms with E-state index in [9.17, 15) is 27.6 Å². The van der Waals surface area contributed by atoms with Gasteiger partial charge in [0.2, 0.25) is 27.7 Å². The topological polar surface area (TPSA) is 186 Å². The summed E-state index contributed by atoms with van der Waals surface area (Å²) in [5, 5.41) is 5.49. The Balaban J connectivity index is 1.33. The van der Waals surface area contributed by atoms with Gasteiger partial charge in [0.05, 0.1) is 22.7 Å². The van der Waals surface area contributed by atoms with Gasteiger partial charge in [-0.2, -0.15) is 4.98 Å². The highest BCUT2D eigenvalue weighted by atomic mass is 32.2. The number of nitrogens with one attached hydrogen (secondary N) is 3. The summed E-state index contributed by atoms with van der Waals surface area (Å²) in [4.78, 5) is 66.3. The van der Waals surface area contributed by atoms with Crippen LogP contribution in [0.5, 0.6) is 5.88 Å². The van der Waals surface area contributed by atoms with Crippen molar-refractivity contribution in [2.24, 2.45) is 11.3 Å². The zero-order valence-corrected chi connectivity index (χ0v) is 32.2. The van der Waals surface area contributed by atoms with E-state index in [1.807, 2.05) is 54.6 Å². The van der Waals surface area contributed by atoms with Crippen molar-refractivity contribution in [3.8, 4) is 17.3 Å². The molecule has 2 aromatic carbocycles. The summed E-state index contributed by atoms with van der Waals surface area (Å²) in [6, 6.07) is 14.4. The summed E-state index contributed by atoms with van der Waals surface area (Å²) < 4.78 is 39.6. The van der Waals surface area contributed by atoms with Gasteiger partial charge in [0.1, 0.15) is 29.3 Å². The van der Waals surface area contributed by atoms with Crippen molar-refractivity contribution in [3.05, 3.63) is 67.3 Å². The summed E-state index contributed by atoms with van der Waals surface area (Å²) in [6.07, 6.45) is 0.971. The molecule has 3 aliphatic rings. The number of carbonyl (C=O) groups excluding carboxylic acids is 4. The van der Waals surface area contributed by atoms with Crippen LogP contribution in [0.3, 0.4) is 0 Å². The Hall–Kier alpha value is -5.05. The number of benzene rings is 2. The van der Waals surface area contributed by atoms with Gasteiger partial charge in [-0.25, -0.2) is 18.2 Å². The molecule has 0 bridgehead atoms. The van der Waals surface area contributed by atoms with E-state index in [1.165, 1.54) is 11.0 Å². The first-order valence-corrected chi connectivity index (χ1v) is 19.7. The van der Waals surface area contributed by atoms with Gasteiger partial charge in [0.15, 0.2) is 5.82 Å². The van der Waals surface area contributed by atoms with Crippen molar-refractivity contribution in [1.29, 1.82) is 0 Å². The molecule has 3 aromatic rings. The number of sulfonamides is 1. The van der Waals surface area contributed by atoms with Gasteiger partial charge < -0.3 is 25.0 Å².